The lowest BCUT2D eigenvalue weighted by Gasteiger charge is -2.41. The summed E-state index contributed by atoms with van der Waals surface area (Å²) < 4.78 is 1.13. The van der Waals surface area contributed by atoms with Crippen LogP contribution in [0.4, 0.5) is 0 Å². The number of unbranched alkanes of at least 4 members (excludes halogenated alkanes) is 16. The summed E-state index contributed by atoms with van der Waals surface area (Å²) in [5.41, 5.74) is 0. The molecule has 1 aliphatic rings. The van der Waals surface area contributed by atoms with Gasteiger partial charge in [0, 0.05) is 6.42 Å². The van der Waals surface area contributed by atoms with Gasteiger partial charge in [-0.1, -0.05) is 110 Å². The molecule has 0 bridgehead atoms. The maximum Gasteiger partial charge on any atom is 0.222 e. The van der Waals surface area contributed by atoms with E-state index >= 15 is 0 Å². The van der Waals surface area contributed by atoms with Crippen LogP contribution in [0.15, 0.2) is 0 Å². The van der Waals surface area contributed by atoms with Gasteiger partial charge in [0.1, 0.15) is 0 Å². The highest BCUT2D eigenvalue weighted by atomic mass is 16.2. The molecule has 3 heteroatoms. The summed E-state index contributed by atoms with van der Waals surface area (Å²) in [6, 6.07) is 0. The molecule has 3 nitrogen and oxygen atoms in total. The molecule has 0 radical (unpaired) electrons. The lowest BCUT2D eigenvalue weighted by molar-refractivity contribution is -0.911. The average molecular weight is 424 g/mol. The van der Waals surface area contributed by atoms with Gasteiger partial charge in [-0.2, -0.15) is 0 Å². The first-order valence-corrected chi connectivity index (χ1v) is 13.7. The van der Waals surface area contributed by atoms with Gasteiger partial charge in [-0.05, 0) is 13.3 Å². The average Bonchev–Trinajstić information content (AvgIpc) is 2.76. The van der Waals surface area contributed by atoms with Gasteiger partial charge in [-0.3, -0.25) is 4.79 Å². The number of hydrogen-bond acceptors (Lipinski definition) is 1. The minimum Gasteiger partial charge on any atom is -0.331 e. The Labute approximate surface area is 189 Å². The Balaban J connectivity index is 1.79. The molecule has 0 aromatic heterocycles. The molecule has 1 aliphatic heterocycles. The van der Waals surface area contributed by atoms with Crippen LogP contribution in [0.1, 0.15) is 129 Å². The van der Waals surface area contributed by atoms with Crippen LogP contribution in [-0.4, -0.2) is 55.1 Å². The second-order valence-corrected chi connectivity index (χ2v) is 10.2. The standard InChI is InChI=1S/C27H55N2O/c1-4-6-7-8-9-10-11-12-13-14-15-16-17-18-19-20-21-22-27(30)28-23-25-29(3,5-2)26-24-28/h4-26H2,1-3H3/q+1. The predicted molar refractivity (Wildman–Crippen MR) is 132 cm³/mol. The van der Waals surface area contributed by atoms with Crippen LogP contribution in [-0.2, 0) is 4.79 Å². The van der Waals surface area contributed by atoms with Crippen molar-refractivity contribution in [2.75, 3.05) is 39.8 Å². The maximum absolute atomic E-state index is 12.4. The van der Waals surface area contributed by atoms with Crippen molar-refractivity contribution in [2.24, 2.45) is 0 Å². The van der Waals surface area contributed by atoms with Crippen molar-refractivity contribution in [3.63, 3.8) is 0 Å². The molecule has 0 unspecified atom stereocenters. The molecule has 30 heavy (non-hydrogen) atoms. The van der Waals surface area contributed by atoms with Crippen molar-refractivity contribution in [3.8, 4) is 0 Å². The molecular formula is C27H55N2O+. The largest absolute Gasteiger partial charge is 0.331 e. The van der Waals surface area contributed by atoms with Crippen LogP contribution in [0.3, 0.4) is 0 Å². The second kappa shape index (κ2) is 18.0. The smallest absolute Gasteiger partial charge is 0.222 e. The van der Waals surface area contributed by atoms with Gasteiger partial charge in [0.2, 0.25) is 5.91 Å². The van der Waals surface area contributed by atoms with E-state index in [0.29, 0.717) is 5.91 Å². The molecule has 1 fully saturated rings. The summed E-state index contributed by atoms with van der Waals surface area (Å²) in [5.74, 6) is 0.401. The molecule has 0 spiro atoms. The number of carbonyl (C=O) groups excluding carboxylic acids is 1. The fourth-order valence-electron chi connectivity index (χ4n) is 4.67. The van der Waals surface area contributed by atoms with Gasteiger partial charge in [0.05, 0.1) is 39.8 Å². The van der Waals surface area contributed by atoms with Crippen molar-refractivity contribution >= 4 is 5.91 Å². The lowest BCUT2D eigenvalue weighted by atomic mass is 10.0. The number of piperazine rings is 1. The number of amides is 1. The third-order valence-electron chi connectivity index (χ3n) is 7.43. The number of likely N-dealkylation sites (N-methyl/N-ethyl adjacent to an activating group) is 1. The number of quaternary nitrogens is 1. The first-order valence-electron chi connectivity index (χ1n) is 13.7. The van der Waals surface area contributed by atoms with Crippen LogP contribution < -0.4 is 0 Å². The molecule has 0 aromatic carbocycles. The second-order valence-electron chi connectivity index (χ2n) is 10.2. The molecule has 0 saturated carbocycles. The monoisotopic (exact) mass is 423 g/mol. The normalized spacial score (nSPS) is 16.2. The van der Waals surface area contributed by atoms with Crippen molar-refractivity contribution < 1.29 is 9.28 Å². The number of nitrogens with zero attached hydrogens (tertiary/aromatic N) is 2. The Morgan fingerprint density at radius 1 is 0.633 bits per heavy atom. The minimum atomic E-state index is 0.401. The van der Waals surface area contributed by atoms with Gasteiger partial charge in [-0.25, -0.2) is 0 Å². The predicted octanol–water partition coefficient (Wildman–Crippen LogP) is 7.34. The van der Waals surface area contributed by atoms with E-state index in [1.165, 1.54) is 109 Å². The van der Waals surface area contributed by atoms with Crippen molar-refractivity contribution in [3.05, 3.63) is 0 Å². The quantitative estimate of drug-likeness (QED) is 0.157. The highest BCUT2D eigenvalue weighted by Crippen LogP contribution is 2.15. The van der Waals surface area contributed by atoms with E-state index in [2.05, 4.69) is 25.8 Å². The van der Waals surface area contributed by atoms with E-state index in [0.717, 1.165) is 43.5 Å². The van der Waals surface area contributed by atoms with Crippen LogP contribution in [0.2, 0.25) is 0 Å². The SMILES string of the molecule is CCCCCCCCCCCCCCCCCCCC(=O)N1CC[N+](C)(CC)CC1. The molecule has 0 aliphatic carbocycles. The zero-order valence-corrected chi connectivity index (χ0v) is 21.1. The van der Waals surface area contributed by atoms with E-state index in [9.17, 15) is 4.79 Å². The highest BCUT2D eigenvalue weighted by molar-refractivity contribution is 5.76. The van der Waals surface area contributed by atoms with Crippen molar-refractivity contribution in [2.45, 2.75) is 129 Å². The maximum atomic E-state index is 12.4. The van der Waals surface area contributed by atoms with Crippen LogP contribution in [0.25, 0.3) is 0 Å². The molecule has 0 N–H and O–H groups in total. The van der Waals surface area contributed by atoms with E-state index in [4.69, 9.17) is 0 Å². The highest BCUT2D eigenvalue weighted by Gasteiger charge is 2.28. The molecule has 1 heterocycles. The summed E-state index contributed by atoms with van der Waals surface area (Å²) in [4.78, 5) is 14.5. The number of carbonyl (C=O) groups is 1. The topological polar surface area (TPSA) is 20.3 Å². The number of hydrogen-bond donors (Lipinski definition) is 0. The third kappa shape index (κ3) is 13.7. The lowest BCUT2D eigenvalue weighted by Crippen LogP contribution is -2.58. The van der Waals surface area contributed by atoms with Crippen molar-refractivity contribution in [1.82, 2.24) is 4.90 Å². The Morgan fingerprint density at radius 3 is 1.37 bits per heavy atom. The van der Waals surface area contributed by atoms with Gasteiger partial charge >= 0.3 is 0 Å². The van der Waals surface area contributed by atoms with E-state index < -0.39 is 0 Å². The Bertz CT molecular complexity index is 402. The summed E-state index contributed by atoms with van der Waals surface area (Å²) in [5, 5.41) is 0. The van der Waals surface area contributed by atoms with Gasteiger partial charge in [0.15, 0.2) is 0 Å². The van der Waals surface area contributed by atoms with E-state index in [1.54, 1.807) is 0 Å². The minimum absolute atomic E-state index is 0.401. The summed E-state index contributed by atoms with van der Waals surface area (Å²) in [6.45, 7) is 9.91. The van der Waals surface area contributed by atoms with Crippen LogP contribution in [0, 0.1) is 0 Å². The summed E-state index contributed by atoms with van der Waals surface area (Å²) in [6.07, 6.45) is 24.4. The fraction of sp³-hybridized carbons (Fsp3) is 0.963. The number of rotatable bonds is 19. The van der Waals surface area contributed by atoms with Crippen LogP contribution >= 0.6 is 0 Å². The third-order valence-corrected chi connectivity index (χ3v) is 7.43. The Kier molecular flexibility index (Phi) is 16.5. The molecule has 1 rings (SSSR count). The Morgan fingerprint density at radius 2 is 1.00 bits per heavy atom. The van der Waals surface area contributed by atoms with E-state index in [-0.39, 0.29) is 0 Å². The zero-order valence-electron chi connectivity index (χ0n) is 21.1. The van der Waals surface area contributed by atoms with Crippen LogP contribution in [0.5, 0.6) is 0 Å². The zero-order chi connectivity index (χ0) is 21.9. The summed E-state index contributed by atoms with van der Waals surface area (Å²) >= 11 is 0. The molecule has 1 amide bonds. The van der Waals surface area contributed by atoms with Gasteiger partial charge in [-0.15, -0.1) is 0 Å². The molecule has 0 atom stereocenters. The van der Waals surface area contributed by atoms with Gasteiger partial charge < -0.3 is 9.38 Å². The Hall–Kier alpha value is -0.570. The summed E-state index contributed by atoms with van der Waals surface area (Å²) in [7, 11) is 2.32. The van der Waals surface area contributed by atoms with Gasteiger partial charge in [0.25, 0.3) is 0 Å². The molecular weight excluding hydrogens is 368 g/mol. The molecule has 1 saturated heterocycles. The fourth-order valence-corrected chi connectivity index (χ4v) is 4.67. The first-order chi connectivity index (χ1) is 14.6. The molecule has 178 valence electrons. The molecule has 0 aromatic rings. The first kappa shape index (κ1) is 27.5. The van der Waals surface area contributed by atoms with E-state index in [1.807, 2.05) is 0 Å². The van der Waals surface area contributed by atoms with Crippen molar-refractivity contribution in [1.29, 1.82) is 0 Å².